The summed E-state index contributed by atoms with van der Waals surface area (Å²) >= 11 is 5.98. The maximum Gasteiger partial charge on any atom is 0.244 e. The summed E-state index contributed by atoms with van der Waals surface area (Å²) in [5, 5.41) is 3.21. The Morgan fingerprint density at radius 1 is 1.32 bits per heavy atom. The summed E-state index contributed by atoms with van der Waals surface area (Å²) < 4.78 is 25.5. The second-order valence-corrected chi connectivity index (χ2v) is 8.70. The van der Waals surface area contributed by atoms with Crippen LogP contribution in [0.25, 0.3) is 0 Å². The van der Waals surface area contributed by atoms with Gasteiger partial charge in [0.25, 0.3) is 0 Å². The molecule has 0 aliphatic heterocycles. The average molecular weight is 347 g/mol. The fraction of sp³-hybridized carbons (Fsp3) is 0.533. The summed E-state index contributed by atoms with van der Waals surface area (Å²) in [6, 6.07) is 4.08. The maximum absolute atomic E-state index is 12.4. The van der Waals surface area contributed by atoms with Crippen molar-refractivity contribution in [1.29, 1.82) is 0 Å². The smallest absolute Gasteiger partial charge is 0.244 e. The number of carbonyl (C=O) groups is 1. The SMILES string of the molecule is Cc1ccc(Cl)cc1N([C@@H](C)C(=O)NC(C)(C)C)S(C)(=O)=O. The molecule has 1 atom stereocenters. The third-order valence-corrected chi connectivity index (χ3v) is 4.46. The number of halogens is 1. The van der Waals surface area contributed by atoms with Crippen LogP contribution in [-0.2, 0) is 14.8 Å². The normalized spacial score (nSPS) is 13.6. The van der Waals surface area contributed by atoms with Gasteiger partial charge in [0.05, 0.1) is 11.9 Å². The van der Waals surface area contributed by atoms with Gasteiger partial charge in [-0.3, -0.25) is 9.10 Å². The van der Waals surface area contributed by atoms with E-state index in [9.17, 15) is 13.2 Å². The highest BCUT2D eigenvalue weighted by Crippen LogP contribution is 2.28. The van der Waals surface area contributed by atoms with E-state index in [2.05, 4.69) is 5.32 Å². The van der Waals surface area contributed by atoms with Gasteiger partial charge < -0.3 is 5.32 Å². The molecule has 0 bridgehead atoms. The van der Waals surface area contributed by atoms with E-state index in [0.29, 0.717) is 10.7 Å². The molecule has 124 valence electrons. The molecule has 1 N–H and O–H groups in total. The Bertz CT molecular complexity index is 666. The van der Waals surface area contributed by atoms with Gasteiger partial charge in [0.1, 0.15) is 6.04 Å². The first-order valence-corrected chi connectivity index (χ1v) is 9.13. The van der Waals surface area contributed by atoms with Crippen LogP contribution in [-0.4, -0.2) is 32.2 Å². The Morgan fingerprint density at radius 2 is 1.86 bits per heavy atom. The Morgan fingerprint density at radius 3 is 2.32 bits per heavy atom. The zero-order chi connectivity index (χ0) is 17.3. The van der Waals surface area contributed by atoms with Crippen molar-refractivity contribution in [3.8, 4) is 0 Å². The number of hydrogen-bond donors (Lipinski definition) is 1. The predicted octanol–water partition coefficient (Wildman–Crippen LogP) is 2.72. The summed E-state index contributed by atoms with van der Waals surface area (Å²) in [6.45, 7) is 8.85. The van der Waals surface area contributed by atoms with Crippen LogP contribution in [0, 0.1) is 6.92 Å². The van der Waals surface area contributed by atoms with Crippen LogP contribution in [0.2, 0.25) is 5.02 Å². The molecule has 1 aromatic carbocycles. The van der Waals surface area contributed by atoms with Gasteiger partial charge in [0.2, 0.25) is 15.9 Å². The van der Waals surface area contributed by atoms with E-state index in [1.807, 2.05) is 20.8 Å². The molecule has 0 aliphatic carbocycles. The molecular weight excluding hydrogens is 324 g/mol. The van der Waals surface area contributed by atoms with Gasteiger partial charge in [-0.25, -0.2) is 8.42 Å². The fourth-order valence-corrected chi connectivity index (χ4v) is 3.47. The van der Waals surface area contributed by atoms with Crippen LogP contribution in [0.4, 0.5) is 5.69 Å². The number of nitrogens with one attached hydrogen (secondary N) is 1. The topological polar surface area (TPSA) is 66.5 Å². The predicted molar refractivity (Wildman–Crippen MR) is 90.9 cm³/mol. The maximum atomic E-state index is 12.4. The highest BCUT2D eigenvalue weighted by molar-refractivity contribution is 7.92. The third kappa shape index (κ3) is 4.88. The average Bonchev–Trinajstić information content (AvgIpc) is 2.29. The van der Waals surface area contributed by atoms with Gasteiger partial charge in [0, 0.05) is 10.6 Å². The molecule has 1 aromatic rings. The molecule has 0 heterocycles. The molecular formula is C15H23ClN2O3S. The highest BCUT2D eigenvalue weighted by Gasteiger charge is 2.31. The molecule has 0 radical (unpaired) electrons. The number of aryl methyl sites for hydroxylation is 1. The molecule has 0 spiro atoms. The molecule has 0 aliphatic rings. The van der Waals surface area contributed by atoms with Gasteiger partial charge >= 0.3 is 0 Å². The van der Waals surface area contributed by atoms with E-state index in [0.717, 1.165) is 16.1 Å². The molecule has 0 saturated heterocycles. The Hall–Kier alpha value is -1.27. The number of nitrogens with zero attached hydrogens (tertiary/aromatic N) is 1. The zero-order valence-electron chi connectivity index (χ0n) is 13.8. The van der Waals surface area contributed by atoms with Crippen molar-refractivity contribution in [3.05, 3.63) is 28.8 Å². The van der Waals surface area contributed by atoms with Gasteiger partial charge in [0.15, 0.2) is 0 Å². The first kappa shape index (κ1) is 18.8. The number of carbonyl (C=O) groups excluding carboxylic acids is 1. The van der Waals surface area contributed by atoms with Crippen molar-refractivity contribution >= 4 is 33.2 Å². The zero-order valence-corrected chi connectivity index (χ0v) is 15.3. The number of rotatable bonds is 4. The lowest BCUT2D eigenvalue weighted by Crippen LogP contribution is -2.52. The summed E-state index contributed by atoms with van der Waals surface area (Å²) in [7, 11) is -3.64. The van der Waals surface area contributed by atoms with Gasteiger partial charge in [-0.05, 0) is 52.3 Å². The summed E-state index contributed by atoms with van der Waals surface area (Å²) in [6.07, 6.45) is 1.08. The van der Waals surface area contributed by atoms with Crippen LogP contribution >= 0.6 is 11.6 Å². The lowest BCUT2D eigenvalue weighted by Gasteiger charge is -2.32. The number of anilines is 1. The molecule has 0 saturated carbocycles. The fourth-order valence-electron chi connectivity index (χ4n) is 2.08. The summed E-state index contributed by atoms with van der Waals surface area (Å²) in [5.41, 5.74) is 0.689. The Balaban J connectivity index is 3.31. The quantitative estimate of drug-likeness (QED) is 0.911. The lowest BCUT2D eigenvalue weighted by atomic mass is 10.1. The highest BCUT2D eigenvalue weighted by atomic mass is 35.5. The van der Waals surface area contributed by atoms with Crippen molar-refractivity contribution in [3.63, 3.8) is 0 Å². The van der Waals surface area contributed by atoms with Crippen LogP contribution < -0.4 is 9.62 Å². The molecule has 7 heteroatoms. The van der Waals surface area contributed by atoms with E-state index in [1.54, 1.807) is 32.0 Å². The van der Waals surface area contributed by atoms with Crippen LogP contribution in [0.3, 0.4) is 0 Å². The minimum absolute atomic E-state index is 0.364. The first-order chi connectivity index (χ1) is 9.83. The third-order valence-electron chi connectivity index (χ3n) is 3.00. The molecule has 0 unspecified atom stereocenters. The van der Waals surface area contributed by atoms with E-state index in [1.165, 1.54) is 0 Å². The second kappa shape index (κ2) is 6.46. The van der Waals surface area contributed by atoms with Gasteiger partial charge in [-0.15, -0.1) is 0 Å². The minimum Gasteiger partial charge on any atom is -0.350 e. The molecule has 0 aromatic heterocycles. The molecule has 22 heavy (non-hydrogen) atoms. The molecule has 0 fully saturated rings. The number of benzene rings is 1. The van der Waals surface area contributed by atoms with E-state index in [-0.39, 0.29) is 5.91 Å². The monoisotopic (exact) mass is 346 g/mol. The second-order valence-electron chi connectivity index (χ2n) is 6.40. The van der Waals surface area contributed by atoms with Gasteiger partial charge in [-0.2, -0.15) is 0 Å². The lowest BCUT2D eigenvalue weighted by molar-refractivity contribution is -0.123. The van der Waals surface area contributed by atoms with Crippen molar-refractivity contribution in [2.45, 2.75) is 46.2 Å². The Labute approximate surface area is 137 Å². The van der Waals surface area contributed by atoms with E-state index >= 15 is 0 Å². The number of hydrogen-bond acceptors (Lipinski definition) is 3. The number of sulfonamides is 1. The van der Waals surface area contributed by atoms with Gasteiger partial charge in [-0.1, -0.05) is 17.7 Å². The van der Waals surface area contributed by atoms with Crippen LogP contribution in [0.1, 0.15) is 33.3 Å². The van der Waals surface area contributed by atoms with E-state index < -0.39 is 21.6 Å². The molecule has 5 nitrogen and oxygen atoms in total. The van der Waals surface area contributed by atoms with E-state index in [4.69, 9.17) is 11.6 Å². The number of amides is 1. The van der Waals surface area contributed by atoms with Crippen molar-refractivity contribution in [2.24, 2.45) is 0 Å². The standard InChI is InChI=1S/C15H23ClN2O3S/c1-10-7-8-12(16)9-13(10)18(22(6,20)21)11(2)14(19)17-15(3,4)5/h7-9,11H,1-6H3,(H,17,19)/t11-/m0/s1. The summed E-state index contributed by atoms with van der Waals surface area (Å²) in [4.78, 5) is 12.4. The van der Waals surface area contributed by atoms with Crippen LogP contribution in [0.5, 0.6) is 0 Å². The first-order valence-electron chi connectivity index (χ1n) is 6.90. The summed E-state index contributed by atoms with van der Waals surface area (Å²) in [5.74, 6) is -0.364. The molecule has 1 rings (SSSR count). The Kier molecular flexibility index (Phi) is 5.51. The minimum atomic E-state index is -3.64. The molecule has 1 amide bonds. The van der Waals surface area contributed by atoms with Crippen molar-refractivity contribution < 1.29 is 13.2 Å². The van der Waals surface area contributed by atoms with Crippen molar-refractivity contribution in [1.82, 2.24) is 5.32 Å². The largest absolute Gasteiger partial charge is 0.350 e. The van der Waals surface area contributed by atoms with Crippen LogP contribution in [0.15, 0.2) is 18.2 Å². The van der Waals surface area contributed by atoms with Crippen molar-refractivity contribution in [2.75, 3.05) is 10.6 Å².